The Morgan fingerprint density at radius 3 is 2.75 bits per heavy atom. The van der Waals surface area contributed by atoms with Crippen LogP contribution in [-0.4, -0.2) is 30.6 Å². The number of aryl methyl sites for hydroxylation is 3. The molecule has 2 heterocycles. The van der Waals surface area contributed by atoms with E-state index >= 15 is 0 Å². The first-order valence-corrected chi connectivity index (χ1v) is 4.88. The van der Waals surface area contributed by atoms with Crippen molar-refractivity contribution in [3.63, 3.8) is 0 Å². The third-order valence-corrected chi connectivity index (χ3v) is 2.27. The average Bonchev–Trinajstić information content (AvgIpc) is 2.83. The first-order chi connectivity index (χ1) is 7.65. The molecule has 6 heteroatoms. The number of carboxylic acid groups (broad SMARTS) is 1. The van der Waals surface area contributed by atoms with Gasteiger partial charge in [-0.3, -0.25) is 9.36 Å². The zero-order valence-electron chi connectivity index (χ0n) is 8.87. The molecule has 0 radical (unpaired) electrons. The fourth-order valence-electron chi connectivity index (χ4n) is 1.44. The Labute approximate surface area is 92.1 Å². The lowest BCUT2D eigenvalue weighted by atomic mass is 10.2. The third-order valence-electron chi connectivity index (χ3n) is 2.27. The summed E-state index contributed by atoms with van der Waals surface area (Å²) in [6.45, 7) is 0.652. The maximum atomic E-state index is 10.6. The highest BCUT2D eigenvalue weighted by molar-refractivity contribution is 5.86. The fourth-order valence-corrected chi connectivity index (χ4v) is 1.44. The largest absolute Gasteiger partial charge is 0.478 e. The summed E-state index contributed by atoms with van der Waals surface area (Å²) in [5, 5.41) is 16.7. The summed E-state index contributed by atoms with van der Waals surface area (Å²) in [5.41, 5.74) is 1.32. The molecule has 0 aliphatic heterocycles. The summed E-state index contributed by atoms with van der Waals surface area (Å²) in [4.78, 5) is 10.6. The molecule has 1 N–H and O–H groups in total. The molecule has 0 amide bonds. The Kier molecular flexibility index (Phi) is 2.72. The summed E-state index contributed by atoms with van der Waals surface area (Å²) in [6, 6.07) is 0. The van der Waals surface area contributed by atoms with Crippen LogP contribution >= 0.6 is 0 Å². The van der Waals surface area contributed by atoms with Gasteiger partial charge in [0.05, 0.1) is 18.0 Å². The van der Waals surface area contributed by atoms with Crippen LogP contribution in [0, 0.1) is 0 Å². The van der Waals surface area contributed by atoms with Crippen molar-refractivity contribution in [1.29, 1.82) is 0 Å². The molecule has 2 rings (SSSR count). The first kappa shape index (κ1) is 10.4. The summed E-state index contributed by atoms with van der Waals surface area (Å²) >= 11 is 0. The van der Waals surface area contributed by atoms with Crippen LogP contribution in [0.4, 0.5) is 0 Å². The Bertz CT molecular complexity index is 500. The van der Waals surface area contributed by atoms with Crippen molar-refractivity contribution >= 4 is 5.97 Å². The molecule has 0 aliphatic rings. The van der Waals surface area contributed by atoms with E-state index < -0.39 is 5.97 Å². The topological polar surface area (TPSA) is 72.9 Å². The van der Waals surface area contributed by atoms with E-state index in [2.05, 4.69) is 10.2 Å². The van der Waals surface area contributed by atoms with E-state index in [1.807, 2.05) is 13.2 Å². The molecule has 16 heavy (non-hydrogen) atoms. The van der Waals surface area contributed by atoms with Crippen LogP contribution in [0.1, 0.15) is 15.9 Å². The second-order valence-electron chi connectivity index (χ2n) is 3.57. The van der Waals surface area contributed by atoms with Gasteiger partial charge < -0.3 is 5.11 Å². The van der Waals surface area contributed by atoms with Gasteiger partial charge >= 0.3 is 5.97 Å². The minimum atomic E-state index is -0.951. The monoisotopic (exact) mass is 220 g/mol. The normalized spacial score (nSPS) is 10.6. The van der Waals surface area contributed by atoms with Crippen molar-refractivity contribution in [2.45, 2.75) is 13.0 Å². The summed E-state index contributed by atoms with van der Waals surface area (Å²) in [6.07, 6.45) is 7.39. The van der Waals surface area contributed by atoms with Crippen molar-refractivity contribution in [2.24, 2.45) is 7.05 Å². The molecule has 0 aliphatic carbocycles. The summed E-state index contributed by atoms with van der Waals surface area (Å²) in [5.74, 6) is -0.951. The van der Waals surface area contributed by atoms with Gasteiger partial charge in [0, 0.05) is 26.0 Å². The van der Waals surface area contributed by atoms with Gasteiger partial charge in [-0.25, -0.2) is 4.79 Å². The van der Waals surface area contributed by atoms with E-state index in [1.54, 1.807) is 15.6 Å². The molecule has 0 spiro atoms. The third kappa shape index (κ3) is 2.28. The smallest absolute Gasteiger partial charge is 0.338 e. The van der Waals surface area contributed by atoms with Gasteiger partial charge in [-0.1, -0.05) is 0 Å². The number of hydrogen-bond donors (Lipinski definition) is 1. The maximum absolute atomic E-state index is 10.6. The van der Waals surface area contributed by atoms with E-state index in [-0.39, 0.29) is 5.56 Å². The highest BCUT2D eigenvalue weighted by Gasteiger charge is 2.05. The highest BCUT2D eigenvalue weighted by Crippen LogP contribution is 2.02. The van der Waals surface area contributed by atoms with Gasteiger partial charge in [-0.2, -0.15) is 10.2 Å². The number of hydrogen-bond acceptors (Lipinski definition) is 3. The van der Waals surface area contributed by atoms with Crippen LogP contribution in [0.25, 0.3) is 0 Å². The zero-order valence-corrected chi connectivity index (χ0v) is 8.87. The van der Waals surface area contributed by atoms with E-state index in [1.165, 1.54) is 12.4 Å². The van der Waals surface area contributed by atoms with Crippen molar-refractivity contribution in [3.05, 3.63) is 35.9 Å². The number of carbonyl (C=O) groups is 1. The molecule has 84 valence electrons. The number of aromatic nitrogens is 4. The highest BCUT2D eigenvalue weighted by atomic mass is 16.4. The van der Waals surface area contributed by atoms with Crippen LogP contribution in [0.2, 0.25) is 0 Å². The predicted molar refractivity (Wildman–Crippen MR) is 56.1 cm³/mol. The SMILES string of the molecule is Cn1cc(CCn2cc(C(=O)O)cn2)cn1. The lowest BCUT2D eigenvalue weighted by molar-refractivity contribution is 0.0697. The Morgan fingerprint density at radius 2 is 2.19 bits per heavy atom. The Hall–Kier alpha value is -2.11. The second kappa shape index (κ2) is 4.18. The molecule has 0 unspecified atom stereocenters. The van der Waals surface area contributed by atoms with Crippen LogP contribution in [0.15, 0.2) is 24.8 Å². The number of aromatic carboxylic acids is 1. The van der Waals surface area contributed by atoms with Crippen LogP contribution in [-0.2, 0) is 20.0 Å². The minimum absolute atomic E-state index is 0.214. The van der Waals surface area contributed by atoms with Crippen LogP contribution in [0.5, 0.6) is 0 Å². The molecule has 0 atom stereocenters. The second-order valence-corrected chi connectivity index (χ2v) is 3.57. The lowest BCUT2D eigenvalue weighted by Gasteiger charge is -1.98. The van der Waals surface area contributed by atoms with Crippen molar-refractivity contribution in [1.82, 2.24) is 19.6 Å². The summed E-state index contributed by atoms with van der Waals surface area (Å²) in [7, 11) is 1.86. The van der Waals surface area contributed by atoms with Gasteiger partial charge in [0.2, 0.25) is 0 Å². The molecule has 0 bridgehead atoms. The molecular weight excluding hydrogens is 208 g/mol. The molecule has 0 aromatic carbocycles. The van der Waals surface area contributed by atoms with E-state index in [9.17, 15) is 4.79 Å². The van der Waals surface area contributed by atoms with Crippen molar-refractivity contribution in [2.75, 3.05) is 0 Å². The lowest BCUT2D eigenvalue weighted by Crippen LogP contribution is -2.01. The molecular formula is C10H12N4O2. The van der Waals surface area contributed by atoms with Crippen molar-refractivity contribution < 1.29 is 9.90 Å². The number of carboxylic acids is 1. The fraction of sp³-hybridized carbons (Fsp3) is 0.300. The molecule has 0 fully saturated rings. The molecule has 2 aromatic heterocycles. The van der Waals surface area contributed by atoms with E-state index in [0.717, 1.165) is 12.0 Å². The van der Waals surface area contributed by atoms with Gasteiger partial charge in [0.15, 0.2) is 0 Å². The van der Waals surface area contributed by atoms with Gasteiger partial charge in [-0.15, -0.1) is 0 Å². The number of nitrogens with zero attached hydrogens (tertiary/aromatic N) is 4. The standard InChI is InChI=1S/C10H12N4O2/c1-13-6-8(4-11-13)2-3-14-7-9(5-12-14)10(15)16/h4-7H,2-3H2,1H3,(H,15,16). The van der Waals surface area contributed by atoms with Crippen LogP contribution < -0.4 is 0 Å². The van der Waals surface area contributed by atoms with Gasteiger partial charge in [-0.05, 0) is 12.0 Å². The molecule has 0 saturated heterocycles. The molecule has 0 saturated carbocycles. The predicted octanol–water partition coefficient (Wildman–Crippen LogP) is 0.558. The Balaban J connectivity index is 1.97. The number of rotatable bonds is 4. The minimum Gasteiger partial charge on any atom is -0.478 e. The van der Waals surface area contributed by atoms with E-state index in [0.29, 0.717) is 6.54 Å². The van der Waals surface area contributed by atoms with Gasteiger partial charge in [0.25, 0.3) is 0 Å². The quantitative estimate of drug-likeness (QED) is 0.817. The zero-order chi connectivity index (χ0) is 11.5. The Morgan fingerprint density at radius 1 is 1.38 bits per heavy atom. The summed E-state index contributed by atoms with van der Waals surface area (Å²) < 4.78 is 3.36. The van der Waals surface area contributed by atoms with Crippen LogP contribution in [0.3, 0.4) is 0 Å². The van der Waals surface area contributed by atoms with Gasteiger partial charge in [0.1, 0.15) is 0 Å². The van der Waals surface area contributed by atoms with Crippen molar-refractivity contribution in [3.8, 4) is 0 Å². The average molecular weight is 220 g/mol. The van der Waals surface area contributed by atoms with E-state index in [4.69, 9.17) is 5.11 Å². The molecule has 6 nitrogen and oxygen atoms in total. The maximum Gasteiger partial charge on any atom is 0.338 e. The first-order valence-electron chi connectivity index (χ1n) is 4.88. The molecule has 2 aromatic rings.